The van der Waals surface area contributed by atoms with Gasteiger partial charge in [-0.3, -0.25) is 5.32 Å². The number of ether oxygens (including phenoxy) is 1. The molecule has 0 aliphatic carbocycles. The highest BCUT2D eigenvalue weighted by Gasteiger charge is 2.49. The quantitative estimate of drug-likeness (QED) is 0.657. The van der Waals surface area contributed by atoms with Gasteiger partial charge in [0.15, 0.2) is 0 Å². The van der Waals surface area contributed by atoms with Gasteiger partial charge in [-0.1, -0.05) is 17.7 Å². The van der Waals surface area contributed by atoms with Crippen molar-refractivity contribution in [3.8, 4) is 11.1 Å². The van der Waals surface area contributed by atoms with Crippen molar-refractivity contribution in [2.24, 2.45) is 0 Å². The number of hydrogen-bond acceptors (Lipinski definition) is 2. The second kappa shape index (κ2) is 8.81. The van der Waals surface area contributed by atoms with Gasteiger partial charge in [-0.2, -0.15) is 0 Å². The summed E-state index contributed by atoms with van der Waals surface area (Å²) in [7, 11) is 4.49. The van der Waals surface area contributed by atoms with Gasteiger partial charge in [-0.15, -0.1) is 0 Å². The lowest BCUT2D eigenvalue weighted by molar-refractivity contribution is -0.931. The number of anilines is 1. The van der Waals surface area contributed by atoms with E-state index in [0.29, 0.717) is 28.9 Å². The number of hydrogen-bond donors (Lipinski definition) is 1. The van der Waals surface area contributed by atoms with Gasteiger partial charge in [0, 0.05) is 31.2 Å². The van der Waals surface area contributed by atoms with Gasteiger partial charge >= 0.3 is 6.09 Å². The topological polar surface area (TPSA) is 38.3 Å². The summed E-state index contributed by atoms with van der Waals surface area (Å²) in [5, 5.41) is 2.65. The molecule has 1 amide bonds. The maximum Gasteiger partial charge on any atom is 0.411 e. The molecule has 2 fully saturated rings. The van der Waals surface area contributed by atoms with Crippen molar-refractivity contribution in [3.63, 3.8) is 0 Å². The van der Waals surface area contributed by atoms with E-state index < -0.39 is 17.7 Å². The third kappa shape index (κ3) is 4.48. The molecule has 0 spiro atoms. The van der Waals surface area contributed by atoms with Crippen LogP contribution < -0.4 is 22.3 Å². The van der Waals surface area contributed by atoms with Crippen molar-refractivity contribution < 1.29 is 39.8 Å². The molecule has 2 bridgehead atoms. The standard InChI is InChI=1S/C22H23ClF2N2O2.BrH/c1-27(2)15-5-6-16(27)12-17(11-15)29-22(28)26-21-8-4-14(24)10-18(21)13-3-7-20(25)19(23)9-13;/h3-4,7-10,15-17H,5-6,11-12H2,1-2H3;1H. The van der Waals surface area contributed by atoms with Gasteiger partial charge in [0.2, 0.25) is 0 Å². The van der Waals surface area contributed by atoms with E-state index in [1.807, 2.05) is 0 Å². The Morgan fingerprint density at radius 2 is 1.77 bits per heavy atom. The molecule has 1 N–H and O–H groups in total. The van der Waals surface area contributed by atoms with Crippen molar-refractivity contribution in [1.29, 1.82) is 0 Å². The third-order valence-electron chi connectivity index (χ3n) is 6.51. The number of rotatable bonds is 3. The molecule has 8 heteroatoms. The van der Waals surface area contributed by atoms with Crippen LogP contribution in [0.5, 0.6) is 0 Å². The first-order valence-electron chi connectivity index (χ1n) is 9.80. The number of nitrogens with zero attached hydrogens (tertiary/aromatic N) is 1. The lowest BCUT2D eigenvalue weighted by atomic mass is 9.98. The Labute approximate surface area is 190 Å². The molecule has 162 valence electrons. The molecule has 2 aromatic rings. The number of carbonyl (C=O) groups is 1. The van der Waals surface area contributed by atoms with Gasteiger partial charge in [-0.05, 0) is 35.9 Å². The number of piperidine rings is 1. The molecule has 2 aliphatic heterocycles. The van der Waals surface area contributed by atoms with Crippen LogP contribution in [-0.4, -0.2) is 42.9 Å². The van der Waals surface area contributed by atoms with E-state index in [1.165, 1.54) is 36.4 Å². The van der Waals surface area contributed by atoms with E-state index in [9.17, 15) is 13.6 Å². The largest absolute Gasteiger partial charge is 1.00 e. The zero-order chi connectivity index (χ0) is 20.8. The van der Waals surface area contributed by atoms with Crippen LogP contribution in [0.15, 0.2) is 36.4 Å². The van der Waals surface area contributed by atoms with Crippen molar-refractivity contribution in [2.75, 3.05) is 19.4 Å². The van der Waals surface area contributed by atoms with Gasteiger partial charge in [0.1, 0.15) is 17.7 Å². The van der Waals surface area contributed by atoms with Crippen LogP contribution in [-0.2, 0) is 4.74 Å². The van der Waals surface area contributed by atoms with Crippen LogP contribution in [0.2, 0.25) is 5.02 Å². The summed E-state index contributed by atoms with van der Waals surface area (Å²) in [5.74, 6) is -1.03. The number of quaternary nitrogens is 1. The fraction of sp³-hybridized carbons (Fsp3) is 0.409. The maximum atomic E-state index is 13.8. The number of halogens is 4. The zero-order valence-corrected chi connectivity index (χ0v) is 19.1. The van der Waals surface area contributed by atoms with E-state index in [0.717, 1.165) is 30.2 Å². The molecular weight excluding hydrogens is 478 g/mol. The van der Waals surface area contributed by atoms with Crippen molar-refractivity contribution >= 4 is 23.4 Å². The lowest BCUT2D eigenvalue weighted by Crippen LogP contribution is -3.00. The normalized spacial score (nSPS) is 24.1. The average Bonchev–Trinajstić information content (AvgIpc) is 2.83. The van der Waals surface area contributed by atoms with Crippen molar-refractivity contribution in [3.05, 3.63) is 53.1 Å². The molecule has 4 rings (SSSR count). The molecule has 4 nitrogen and oxygen atoms in total. The predicted molar refractivity (Wildman–Crippen MR) is 109 cm³/mol. The van der Waals surface area contributed by atoms with Crippen LogP contribution in [0.4, 0.5) is 19.3 Å². The third-order valence-corrected chi connectivity index (χ3v) is 6.80. The Bertz CT molecular complexity index is 941. The summed E-state index contributed by atoms with van der Waals surface area (Å²) in [6.45, 7) is 0. The Kier molecular flexibility index (Phi) is 6.75. The van der Waals surface area contributed by atoms with Crippen LogP contribution in [0, 0.1) is 11.6 Å². The van der Waals surface area contributed by atoms with E-state index in [4.69, 9.17) is 16.3 Å². The van der Waals surface area contributed by atoms with Crippen LogP contribution in [0.25, 0.3) is 11.1 Å². The number of carbonyl (C=O) groups excluding carboxylic acids is 1. The summed E-state index contributed by atoms with van der Waals surface area (Å²) in [5.41, 5.74) is 1.29. The van der Waals surface area contributed by atoms with Gasteiger partial charge < -0.3 is 26.2 Å². The van der Waals surface area contributed by atoms with Gasteiger partial charge in [-0.25, -0.2) is 13.6 Å². The average molecular weight is 502 g/mol. The first-order chi connectivity index (χ1) is 13.7. The lowest BCUT2D eigenvalue weighted by Gasteiger charge is -2.43. The molecule has 2 aromatic carbocycles. The zero-order valence-electron chi connectivity index (χ0n) is 16.8. The second-order valence-electron chi connectivity index (χ2n) is 8.46. The van der Waals surface area contributed by atoms with Crippen LogP contribution in [0.1, 0.15) is 25.7 Å². The summed E-state index contributed by atoms with van der Waals surface area (Å²) in [6, 6.07) is 9.12. The Balaban J connectivity index is 0.00000256. The number of amides is 1. The molecule has 0 radical (unpaired) electrons. The highest BCUT2D eigenvalue weighted by Crippen LogP contribution is 2.40. The Morgan fingerprint density at radius 1 is 1.10 bits per heavy atom. The number of nitrogens with one attached hydrogen (secondary N) is 1. The second-order valence-corrected chi connectivity index (χ2v) is 8.86. The monoisotopic (exact) mass is 500 g/mol. The highest BCUT2D eigenvalue weighted by atomic mass is 79.9. The van der Waals surface area contributed by atoms with Crippen molar-refractivity contribution in [1.82, 2.24) is 0 Å². The first kappa shape index (κ1) is 23.0. The van der Waals surface area contributed by atoms with E-state index >= 15 is 0 Å². The van der Waals surface area contributed by atoms with E-state index in [1.54, 1.807) is 0 Å². The fourth-order valence-electron chi connectivity index (χ4n) is 4.75. The highest BCUT2D eigenvalue weighted by molar-refractivity contribution is 6.31. The van der Waals surface area contributed by atoms with Gasteiger partial charge in [0.05, 0.1) is 36.9 Å². The summed E-state index contributed by atoms with van der Waals surface area (Å²) in [4.78, 5) is 12.5. The van der Waals surface area contributed by atoms with Gasteiger partial charge in [0.25, 0.3) is 0 Å². The molecule has 2 saturated heterocycles. The van der Waals surface area contributed by atoms with Crippen LogP contribution >= 0.6 is 11.6 Å². The Hall–Kier alpha value is -1.70. The number of benzene rings is 2. The molecule has 30 heavy (non-hydrogen) atoms. The van der Waals surface area contributed by atoms with E-state index in [2.05, 4.69) is 19.4 Å². The van der Waals surface area contributed by atoms with Crippen molar-refractivity contribution in [2.45, 2.75) is 43.9 Å². The van der Waals surface area contributed by atoms with E-state index in [-0.39, 0.29) is 28.1 Å². The molecule has 2 unspecified atom stereocenters. The molecule has 0 aromatic heterocycles. The summed E-state index contributed by atoms with van der Waals surface area (Å²) < 4.78 is 34.0. The molecular formula is C22H24BrClF2N2O2. The summed E-state index contributed by atoms with van der Waals surface area (Å²) in [6.07, 6.45) is 3.33. The maximum absolute atomic E-state index is 13.8. The smallest absolute Gasteiger partial charge is 0.411 e. The fourth-order valence-corrected chi connectivity index (χ4v) is 4.93. The molecule has 2 aliphatic rings. The molecule has 2 atom stereocenters. The summed E-state index contributed by atoms with van der Waals surface area (Å²) >= 11 is 5.86. The minimum absolute atomic E-state index is 0. The SMILES string of the molecule is C[N+]1(C)C2CCC1CC(OC(=O)Nc1ccc(F)cc1-c1ccc(F)c(Cl)c1)C2.[Br-]. The first-order valence-corrected chi connectivity index (χ1v) is 10.2. The molecule has 2 heterocycles. The minimum Gasteiger partial charge on any atom is -1.00 e. The predicted octanol–water partition coefficient (Wildman–Crippen LogP) is 2.61. The van der Waals surface area contributed by atoms with Crippen LogP contribution in [0.3, 0.4) is 0 Å². The minimum atomic E-state index is -0.567. The number of fused-ring (bicyclic) bond motifs is 2. The molecule has 0 saturated carbocycles. The Morgan fingerprint density at radius 3 is 2.40 bits per heavy atom.